The van der Waals surface area contributed by atoms with E-state index in [4.69, 9.17) is 5.11 Å². The molecule has 1 heterocycles. The maximum atomic E-state index is 12.3. The summed E-state index contributed by atoms with van der Waals surface area (Å²) in [7, 11) is -3.38. The van der Waals surface area contributed by atoms with Crippen LogP contribution in [0.4, 0.5) is 0 Å². The van der Waals surface area contributed by atoms with Gasteiger partial charge in [-0.25, -0.2) is 0 Å². The van der Waals surface area contributed by atoms with Gasteiger partial charge in [-0.3, -0.25) is 0 Å². The van der Waals surface area contributed by atoms with Gasteiger partial charge in [0.2, 0.25) is 0 Å². The Morgan fingerprint density at radius 3 is 2.61 bits per heavy atom. The second-order valence-electron chi connectivity index (χ2n) is 5.64. The van der Waals surface area contributed by atoms with Gasteiger partial charge in [-0.05, 0) is 44.4 Å². The molecule has 1 aliphatic carbocycles. The SMILES string of the molecule is CCC1(NS(=O)(=O)N2CCCC(CO)C2)CCC1. The maximum Gasteiger partial charge on any atom is 0.279 e. The summed E-state index contributed by atoms with van der Waals surface area (Å²) in [5, 5.41) is 9.17. The number of aliphatic hydroxyl groups is 1. The molecule has 0 aromatic heterocycles. The molecule has 2 N–H and O–H groups in total. The fourth-order valence-corrected chi connectivity index (χ4v) is 4.66. The Hall–Kier alpha value is -0.170. The third-order valence-corrected chi connectivity index (χ3v) is 6.12. The number of piperidine rings is 1. The van der Waals surface area contributed by atoms with Gasteiger partial charge in [0.25, 0.3) is 10.2 Å². The van der Waals surface area contributed by atoms with Crippen LogP contribution in [0.2, 0.25) is 0 Å². The Kier molecular flexibility index (Phi) is 4.31. The van der Waals surface area contributed by atoms with Gasteiger partial charge >= 0.3 is 0 Å². The van der Waals surface area contributed by atoms with Gasteiger partial charge in [0, 0.05) is 25.2 Å². The van der Waals surface area contributed by atoms with E-state index in [2.05, 4.69) is 4.72 Å². The number of hydrogen-bond donors (Lipinski definition) is 2. The summed E-state index contributed by atoms with van der Waals surface area (Å²) in [6.07, 6.45) is 5.60. The topological polar surface area (TPSA) is 69.6 Å². The fourth-order valence-electron chi connectivity index (χ4n) is 2.86. The van der Waals surface area contributed by atoms with E-state index in [1.807, 2.05) is 6.92 Å². The molecule has 6 heteroatoms. The van der Waals surface area contributed by atoms with Gasteiger partial charge in [-0.2, -0.15) is 17.4 Å². The standard InChI is InChI=1S/C12H24N2O3S/c1-2-12(6-4-7-12)13-18(16,17)14-8-3-5-11(9-14)10-15/h11,13,15H,2-10H2,1H3. The second-order valence-corrected chi connectivity index (χ2v) is 7.31. The van der Waals surface area contributed by atoms with Crippen LogP contribution < -0.4 is 4.72 Å². The first-order chi connectivity index (χ1) is 8.51. The smallest absolute Gasteiger partial charge is 0.279 e. The molecule has 1 saturated heterocycles. The Balaban J connectivity index is 2.01. The highest BCUT2D eigenvalue weighted by Crippen LogP contribution is 2.35. The summed E-state index contributed by atoms with van der Waals surface area (Å²) in [6.45, 7) is 3.14. The molecule has 1 atom stereocenters. The highest BCUT2D eigenvalue weighted by molar-refractivity contribution is 7.87. The van der Waals surface area contributed by atoms with E-state index in [0.29, 0.717) is 13.1 Å². The van der Waals surface area contributed by atoms with Crippen molar-refractivity contribution in [2.75, 3.05) is 19.7 Å². The number of rotatable bonds is 5. The zero-order valence-electron chi connectivity index (χ0n) is 11.1. The lowest BCUT2D eigenvalue weighted by Crippen LogP contribution is -2.58. The van der Waals surface area contributed by atoms with Gasteiger partial charge in [-0.15, -0.1) is 0 Å². The Labute approximate surface area is 110 Å². The molecule has 0 bridgehead atoms. The molecule has 0 aromatic carbocycles. The van der Waals surface area contributed by atoms with Crippen LogP contribution in [0.25, 0.3) is 0 Å². The summed E-state index contributed by atoms with van der Waals surface area (Å²) in [4.78, 5) is 0. The van der Waals surface area contributed by atoms with Crippen molar-refractivity contribution in [3.8, 4) is 0 Å². The van der Waals surface area contributed by atoms with Crippen LogP contribution in [0.5, 0.6) is 0 Å². The second kappa shape index (κ2) is 5.45. The van der Waals surface area contributed by atoms with Crippen molar-refractivity contribution >= 4 is 10.2 Å². The molecule has 5 nitrogen and oxygen atoms in total. The van der Waals surface area contributed by atoms with Crippen molar-refractivity contribution in [1.29, 1.82) is 0 Å². The van der Waals surface area contributed by atoms with Crippen LogP contribution in [0.1, 0.15) is 45.4 Å². The molecule has 2 aliphatic rings. The number of nitrogens with zero attached hydrogens (tertiary/aromatic N) is 1. The van der Waals surface area contributed by atoms with Gasteiger partial charge in [0.15, 0.2) is 0 Å². The van der Waals surface area contributed by atoms with Gasteiger partial charge in [0.05, 0.1) is 0 Å². The van der Waals surface area contributed by atoms with Gasteiger partial charge in [-0.1, -0.05) is 6.92 Å². The number of aliphatic hydroxyl groups excluding tert-OH is 1. The van der Waals surface area contributed by atoms with E-state index in [1.165, 1.54) is 4.31 Å². The monoisotopic (exact) mass is 276 g/mol. The minimum Gasteiger partial charge on any atom is -0.396 e. The van der Waals surface area contributed by atoms with E-state index in [-0.39, 0.29) is 18.1 Å². The third-order valence-electron chi connectivity index (χ3n) is 4.41. The van der Waals surface area contributed by atoms with Crippen LogP contribution in [0, 0.1) is 5.92 Å². The number of nitrogens with one attached hydrogen (secondary N) is 1. The molecule has 18 heavy (non-hydrogen) atoms. The summed E-state index contributed by atoms with van der Waals surface area (Å²) >= 11 is 0. The number of hydrogen-bond acceptors (Lipinski definition) is 3. The zero-order valence-corrected chi connectivity index (χ0v) is 11.9. The maximum absolute atomic E-state index is 12.3. The van der Waals surface area contributed by atoms with E-state index in [1.54, 1.807) is 0 Å². The van der Waals surface area contributed by atoms with E-state index in [0.717, 1.165) is 38.5 Å². The first-order valence-electron chi connectivity index (χ1n) is 6.91. The molecule has 0 radical (unpaired) electrons. The highest BCUT2D eigenvalue weighted by atomic mass is 32.2. The molecule has 106 valence electrons. The largest absolute Gasteiger partial charge is 0.396 e. The van der Waals surface area contributed by atoms with Crippen molar-refractivity contribution in [2.24, 2.45) is 5.92 Å². The summed E-state index contributed by atoms with van der Waals surface area (Å²) in [5.41, 5.74) is -0.203. The van der Waals surface area contributed by atoms with E-state index in [9.17, 15) is 8.42 Å². The predicted molar refractivity (Wildman–Crippen MR) is 70.3 cm³/mol. The lowest BCUT2D eigenvalue weighted by Gasteiger charge is -2.43. The summed E-state index contributed by atoms with van der Waals surface area (Å²) in [5.74, 6) is 0.0919. The first-order valence-corrected chi connectivity index (χ1v) is 8.35. The molecule has 2 fully saturated rings. The van der Waals surface area contributed by atoms with Crippen LogP contribution in [-0.2, 0) is 10.2 Å². The summed E-state index contributed by atoms with van der Waals surface area (Å²) < 4.78 is 29.1. The molecule has 0 aromatic rings. The molecule has 0 spiro atoms. The molecule has 1 aliphatic heterocycles. The Morgan fingerprint density at radius 2 is 2.11 bits per heavy atom. The fraction of sp³-hybridized carbons (Fsp3) is 1.00. The van der Waals surface area contributed by atoms with Crippen molar-refractivity contribution < 1.29 is 13.5 Å². The first kappa shape index (κ1) is 14.2. The van der Waals surface area contributed by atoms with Crippen molar-refractivity contribution in [3.63, 3.8) is 0 Å². The summed E-state index contributed by atoms with van der Waals surface area (Å²) in [6, 6.07) is 0. The van der Waals surface area contributed by atoms with E-state index >= 15 is 0 Å². The minimum atomic E-state index is -3.38. The van der Waals surface area contributed by atoms with E-state index < -0.39 is 10.2 Å². The van der Waals surface area contributed by atoms with Gasteiger partial charge < -0.3 is 5.11 Å². The van der Waals surface area contributed by atoms with Crippen LogP contribution in [-0.4, -0.2) is 43.1 Å². The molecule has 1 saturated carbocycles. The van der Waals surface area contributed by atoms with Crippen molar-refractivity contribution in [3.05, 3.63) is 0 Å². The Bertz CT molecular complexity index is 373. The quantitative estimate of drug-likeness (QED) is 0.782. The van der Waals surface area contributed by atoms with Crippen LogP contribution in [0.15, 0.2) is 0 Å². The lowest BCUT2D eigenvalue weighted by atomic mass is 9.76. The molecule has 2 rings (SSSR count). The third kappa shape index (κ3) is 2.87. The predicted octanol–water partition coefficient (Wildman–Crippen LogP) is 0.858. The van der Waals surface area contributed by atoms with Crippen LogP contribution >= 0.6 is 0 Å². The molecule has 1 unspecified atom stereocenters. The average Bonchev–Trinajstić information content (AvgIpc) is 2.34. The van der Waals surface area contributed by atoms with Crippen molar-refractivity contribution in [2.45, 2.75) is 51.0 Å². The lowest BCUT2D eigenvalue weighted by molar-refractivity contribution is 0.159. The minimum absolute atomic E-state index is 0.0743. The molecule has 0 amide bonds. The average molecular weight is 276 g/mol. The normalized spacial score (nSPS) is 28.9. The van der Waals surface area contributed by atoms with Crippen molar-refractivity contribution in [1.82, 2.24) is 9.03 Å². The van der Waals surface area contributed by atoms with Gasteiger partial charge in [0.1, 0.15) is 0 Å². The van der Waals surface area contributed by atoms with Crippen LogP contribution in [0.3, 0.4) is 0 Å². The Morgan fingerprint density at radius 1 is 1.39 bits per heavy atom. The highest BCUT2D eigenvalue weighted by Gasteiger charge is 2.41. The molecular weight excluding hydrogens is 252 g/mol. The molecular formula is C12H24N2O3S. The zero-order chi connectivity index (χ0) is 13.2.